The van der Waals surface area contributed by atoms with E-state index in [1.165, 1.54) is 36.1 Å². The van der Waals surface area contributed by atoms with Gasteiger partial charge in [-0.1, -0.05) is 19.9 Å². The van der Waals surface area contributed by atoms with Crippen LogP contribution in [-0.4, -0.2) is 22.4 Å². The summed E-state index contributed by atoms with van der Waals surface area (Å²) in [4.78, 5) is 1.28. The first-order valence-corrected chi connectivity index (χ1v) is 11.9. The fourth-order valence-electron chi connectivity index (χ4n) is 7.79. The van der Waals surface area contributed by atoms with Crippen molar-refractivity contribution >= 4 is 17.4 Å². The van der Waals surface area contributed by atoms with Crippen molar-refractivity contribution in [2.45, 2.75) is 77.4 Å². The van der Waals surface area contributed by atoms with E-state index in [1.54, 1.807) is 11.3 Å². The number of aliphatic hydroxyl groups excluding tert-OH is 2. The zero-order valence-corrected chi connectivity index (χ0v) is 17.5. The first kappa shape index (κ1) is 18.4. The molecule has 1 aromatic heterocycles. The van der Waals surface area contributed by atoms with Crippen molar-refractivity contribution in [1.82, 2.24) is 0 Å². The van der Waals surface area contributed by atoms with Gasteiger partial charge in [-0.25, -0.2) is 0 Å². The lowest BCUT2D eigenvalue weighted by atomic mass is 9.45. The van der Waals surface area contributed by atoms with E-state index in [-0.39, 0.29) is 17.6 Å². The first-order valence-electron chi connectivity index (χ1n) is 11.0. The lowest BCUT2D eigenvalue weighted by Gasteiger charge is -2.60. The van der Waals surface area contributed by atoms with Gasteiger partial charge in [0, 0.05) is 10.3 Å². The SMILES string of the molecule is C[C@]12CC[C@H](O)C[C@@H]1CC[C@@H]1[C@@H]2CC[C@]2(C)[C@@H](O)/C(=C/c3cccs3)C[C@@H]12. The van der Waals surface area contributed by atoms with Crippen LogP contribution < -0.4 is 0 Å². The fraction of sp³-hybridized carbons (Fsp3) is 0.750. The van der Waals surface area contributed by atoms with Gasteiger partial charge in [0.15, 0.2) is 0 Å². The molecule has 4 saturated carbocycles. The molecule has 2 N–H and O–H groups in total. The van der Waals surface area contributed by atoms with Gasteiger partial charge in [-0.2, -0.15) is 0 Å². The molecule has 2 nitrogen and oxygen atoms in total. The van der Waals surface area contributed by atoms with Crippen LogP contribution in [0.2, 0.25) is 0 Å². The Hall–Kier alpha value is -0.640. The van der Waals surface area contributed by atoms with E-state index in [0.717, 1.165) is 37.5 Å². The maximum absolute atomic E-state index is 11.3. The van der Waals surface area contributed by atoms with Crippen molar-refractivity contribution in [2.75, 3.05) is 0 Å². The number of aliphatic hydroxyl groups is 2. The molecule has 1 aromatic rings. The highest BCUT2D eigenvalue weighted by Crippen LogP contribution is 2.67. The summed E-state index contributed by atoms with van der Waals surface area (Å²) in [5.74, 6) is 2.88. The molecule has 0 unspecified atom stereocenters. The minimum Gasteiger partial charge on any atom is -0.393 e. The summed E-state index contributed by atoms with van der Waals surface area (Å²) in [6.07, 6.45) is 11.2. The van der Waals surface area contributed by atoms with Crippen molar-refractivity contribution < 1.29 is 10.2 Å². The second kappa shape index (κ2) is 6.43. The summed E-state index contributed by atoms with van der Waals surface area (Å²) in [5, 5.41) is 23.6. The Kier molecular flexibility index (Phi) is 4.38. The number of hydrogen-bond donors (Lipinski definition) is 2. The summed E-state index contributed by atoms with van der Waals surface area (Å²) in [7, 11) is 0. The van der Waals surface area contributed by atoms with Gasteiger partial charge in [-0.15, -0.1) is 11.3 Å². The van der Waals surface area contributed by atoms with Crippen LogP contribution in [0.3, 0.4) is 0 Å². The second-order valence-corrected chi connectivity index (χ2v) is 11.5. The lowest BCUT2D eigenvalue weighted by molar-refractivity contribution is -0.133. The van der Waals surface area contributed by atoms with E-state index >= 15 is 0 Å². The molecular weight excluding hydrogens is 352 g/mol. The predicted octanol–water partition coefficient (Wildman–Crippen LogP) is 5.51. The van der Waals surface area contributed by atoms with Gasteiger partial charge in [0.25, 0.3) is 0 Å². The highest BCUT2D eigenvalue weighted by molar-refractivity contribution is 7.10. The summed E-state index contributed by atoms with van der Waals surface area (Å²) in [6.45, 7) is 4.91. The van der Waals surface area contributed by atoms with Crippen molar-refractivity contribution in [1.29, 1.82) is 0 Å². The smallest absolute Gasteiger partial charge is 0.0810 e. The third kappa shape index (κ3) is 2.72. The van der Waals surface area contributed by atoms with Gasteiger partial charge in [0.05, 0.1) is 12.2 Å². The van der Waals surface area contributed by atoms with Crippen molar-refractivity contribution in [3.63, 3.8) is 0 Å². The van der Waals surface area contributed by atoms with Crippen LogP contribution in [0.1, 0.15) is 70.1 Å². The Morgan fingerprint density at radius 3 is 2.63 bits per heavy atom. The molecule has 5 rings (SSSR count). The van der Waals surface area contributed by atoms with Crippen LogP contribution in [0.4, 0.5) is 0 Å². The number of fused-ring (bicyclic) bond motifs is 5. The van der Waals surface area contributed by atoms with E-state index < -0.39 is 0 Å². The molecule has 4 fully saturated rings. The molecule has 0 aromatic carbocycles. The molecule has 148 valence electrons. The Morgan fingerprint density at radius 1 is 1.04 bits per heavy atom. The van der Waals surface area contributed by atoms with Gasteiger partial charge in [0.2, 0.25) is 0 Å². The zero-order chi connectivity index (χ0) is 18.8. The highest BCUT2D eigenvalue weighted by Gasteiger charge is 2.61. The summed E-state index contributed by atoms with van der Waals surface area (Å²) in [5.41, 5.74) is 1.74. The average Bonchev–Trinajstić information content (AvgIpc) is 3.24. The third-order valence-electron chi connectivity index (χ3n) is 9.38. The van der Waals surface area contributed by atoms with Crippen LogP contribution in [-0.2, 0) is 0 Å². The molecule has 8 atom stereocenters. The molecule has 0 radical (unpaired) electrons. The van der Waals surface area contributed by atoms with Crippen molar-refractivity contribution in [3.05, 3.63) is 28.0 Å². The standard InChI is InChI=1S/C24H34O2S/c1-23-9-7-17(25)14-16(23)5-6-19-20(23)8-10-24(2)21(19)13-15(22(24)26)12-18-4-3-11-27-18/h3-4,11-12,16-17,19-22,25-26H,5-10,13-14H2,1-2H3/b15-12+/t16-,17-,19+,20-,21-,22-,23-,24-/m0/s1. The first-order chi connectivity index (χ1) is 12.9. The molecule has 0 spiro atoms. The minimum absolute atomic E-state index is 0.0572. The Bertz CT molecular complexity index is 725. The summed E-state index contributed by atoms with van der Waals surface area (Å²) >= 11 is 1.77. The largest absolute Gasteiger partial charge is 0.393 e. The van der Waals surface area contributed by atoms with Gasteiger partial charge < -0.3 is 10.2 Å². The molecule has 0 saturated heterocycles. The van der Waals surface area contributed by atoms with E-state index in [4.69, 9.17) is 0 Å². The normalized spacial score (nSPS) is 50.9. The van der Waals surface area contributed by atoms with Crippen LogP contribution in [0.15, 0.2) is 23.1 Å². The lowest BCUT2D eigenvalue weighted by Crippen LogP contribution is -2.54. The maximum Gasteiger partial charge on any atom is 0.0810 e. The van der Waals surface area contributed by atoms with E-state index in [2.05, 4.69) is 37.4 Å². The monoisotopic (exact) mass is 386 g/mol. The third-order valence-corrected chi connectivity index (χ3v) is 10.2. The Balaban J connectivity index is 1.45. The van der Waals surface area contributed by atoms with Gasteiger partial charge in [0.1, 0.15) is 0 Å². The number of hydrogen-bond acceptors (Lipinski definition) is 3. The molecule has 0 aliphatic heterocycles. The molecule has 0 bridgehead atoms. The fourth-order valence-corrected chi connectivity index (χ4v) is 8.48. The second-order valence-electron chi connectivity index (χ2n) is 10.5. The maximum atomic E-state index is 11.3. The van der Waals surface area contributed by atoms with Gasteiger partial charge in [-0.05, 0) is 104 Å². The van der Waals surface area contributed by atoms with Gasteiger partial charge in [-0.3, -0.25) is 0 Å². The topological polar surface area (TPSA) is 40.5 Å². The number of rotatable bonds is 1. The molecule has 3 heteroatoms. The van der Waals surface area contributed by atoms with Crippen LogP contribution in [0, 0.1) is 34.5 Å². The molecule has 4 aliphatic carbocycles. The molecule has 4 aliphatic rings. The summed E-state index contributed by atoms with van der Waals surface area (Å²) < 4.78 is 0. The molecular formula is C24H34O2S. The Morgan fingerprint density at radius 2 is 1.85 bits per heavy atom. The van der Waals surface area contributed by atoms with Gasteiger partial charge >= 0.3 is 0 Å². The number of thiophene rings is 1. The quantitative estimate of drug-likeness (QED) is 0.668. The average molecular weight is 387 g/mol. The molecule has 0 amide bonds. The molecule has 1 heterocycles. The van der Waals surface area contributed by atoms with Crippen LogP contribution >= 0.6 is 11.3 Å². The van der Waals surface area contributed by atoms with E-state index in [0.29, 0.717) is 17.3 Å². The molecule has 27 heavy (non-hydrogen) atoms. The Labute approximate surface area is 167 Å². The predicted molar refractivity (Wildman–Crippen MR) is 111 cm³/mol. The van der Waals surface area contributed by atoms with Crippen molar-refractivity contribution in [2.24, 2.45) is 34.5 Å². The van der Waals surface area contributed by atoms with Crippen LogP contribution in [0.5, 0.6) is 0 Å². The zero-order valence-electron chi connectivity index (χ0n) is 16.7. The summed E-state index contributed by atoms with van der Waals surface area (Å²) in [6, 6.07) is 4.26. The minimum atomic E-state index is -0.274. The van der Waals surface area contributed by atoms with Crippen molar-refractivity contribution in [3.8, 4) is 0 Å². The van der Waals surface area contributed by atoms with Crippen LogP contribution in [0.25, 0.3) is 6.08 Å². The van der Waals surface area contributed by atoms with E-state index in [9.17, 15) is 10.2 Å². The van der Waals surface area contributed by atoms with E-state index in [1.807, 2.05) is 0 Å². The highest BCUT2D eigenvalue weighted by atomic mass is 32.1.